The molecule has 2 aromatic carbocycles. The van der Waals surface area contributed by atoms with Crippen LogP contribution >= 0.6 is 0 Å². The van der Waals surface area contributed by atoms with Gasteiger partial charge in [-0.3, -0.25) is 34.9 Å². The van der Waals surface area contributed by atoms with Gasteiger partial charge in [-0.25, -0.2) is 4.79 Å². The SMILES string of the molecule is CC(C)(C)OC(=O)NC(N)=NCCCC[C@H](NC(=O)[C@@]1(C(=O)[C@@H](CC2CCCCC2)NC(=O)c2ccc3ccccc3c2)C[C@@H](N2CCCCC2)CN1)B(O)O. The summed E-state index contributed by atoms with van der Waals surface area (Å²) >= 11 is 0. The molecule has 4 atom stereocenters. The van der Waals surface area contributed by atoms with Crippen molar-refractivity contribution in [2.75, 3.05) is 26.2 Å². The van der Waals surface area contributed by atoms with E-state index < -0.39 is 48.0 Å². The number of fused-ring (bicyclic) bond motifs is 1. The number of guanidine groups is 1. The lowest BCUT2D eigenvalue weighted by atomic mass is 9.75. The van der Waals surface area contributed by atoms with Gasteiger partial charge in [0.05, 0.1) is 12.0 Å². The van der Waals surface area contributed by atoms with Crippen LogP contribution in [0.4, 0.5) is 4.79 Å². The van der Waals surface area contributed by atoms with E-state index >= 15 is 4.79 Å². The summed E-state index contributed by atoms with van der Waals surface area (Å²) in [6, 6.07) is 12.2. The van der Waals surface area contributed by atoms with Gasteiger partial charge >= 0.3 is 13.2 Å². The number of benzene rings is 2. The van der Waals surface area contributed by atoms with Gasteiger partial charge in [0, 0.05) is 24.7 Å². The Hall–Kier alpha value is -4.05. The number of rotatable bonds is 15. The third kappa shape index (κ3) is 12.0. The van der Waals surface area contributed by atoms with E-state index in [1.807, 2.05) is 36.4 Å². The van der Waals surface area contributed by atoms with Crippen LogP contribution in [0.5, 0.6) is 0 Å². The molecule has 0 unspecified atom stereocenters. The van der Waals surface area contributed by atoms with Crippen LogP contribution in [0.3, 0.4) is 0 Å². The molecule has 3 aliphatic rings. The minimum Gasteiger partial charge on any atom is -0.444 e. The number of carbonyl (C=O) groups is 4. The van der Waals surface area contributed by atoms with Crippen LogP contribution in [-0.4, -0.2) is 107 Å². The molecular weight excluding hydrogens is 713 g/mol. The summed E-state index contributed by atoms with van der Waals surface area (Å²) in [4.78, 5) is 62.1. The molecule has 0 spiro atoms. The maximum absolute atomic E-state index is 15.1. The Kier molecular flexibility index (Phi) is 15.3. The Morgan fingerprint density at radius 2 is 1.68 bits per heavy atom. The fourth-order valence-electron chi connectivity index (χ4n) is 8.37. The first kappa shape index (κ1) is 43.1. The molecule has 1 aliphatic carbocycles. The Labute approximate surface area is 331 Å². The molecular formula is C41H62BN7O7. The minimum absolute atomic E-state index is 0.0772. The van der Waals surface area contributed by atoms with Crippen molar-refractivity contribution in [3.05, 3.63) is 48.0 Å². The van der Waals surface area contributed by atoms with Crippen molar-refractivity contribution in [3.63, 3.8) is 0 Å². The summed E-state index contributed by atoms with van der Waals surface area (Å²) in [5.74, 6) is -2.36. The number of nitrogens with one attached hydrogen (secondary N) is 4. The number of aliphatic imine (C=N–C) groups is 1. The molecule has 0 bridgehead atoms. The predicted molar refractivity (Wildman–Crippen MR) is 218 cm³/mol. The Bertz CT molecular complexity index is 1690. The quantitative estimate of drug-likeness (QED) is 0.0460. The first-order valence-corrected chi connectivity index (χ1v) is 20.5. The number of nitrogens with zero attached hydrogens (tertiary/aromatic N) is 2. The highest BCUT2D eigenvalue weighted by atomic mass is 16.6. The number of alkyl carbamates (subject to hydrolysis) is 1. The number of hydrogen-bond acceptors (Lipinski definition) is 10. The van der Waals surface area contributed by atoms with Crippen molar-refractivity contribution in [1.82, 2.24) is 26.2 Å². The molecule has 8 N–H and O–H groups in total. The van der Waals surface area contributed by atoms with Crippen LogP contribution in [0.25, 0.3) is 10.8 Å². The van der Waals surface area contributed by atoms with Gasteiger partial charge < -0.3 is 31.2 Å². The Morgan fingerprint density at radius 1 is 0.982 bits per heavy atom. The zero-order valence-corrected chi connectivity index (χ0v) is 33.4. The molecule has 3 fully saturated rings. The number of unbranched alkanes of at least 4 members (excludes halogenated alkanes) is 1. The molecule has 56 heavy (non-hydrogen) atoms. The highest BCUT2D eigenvalue weighted by Gasteiger charge is 2.55. The van der Waals surface area contributed by atoms with Crippen LogP contribution in [0.1, 0.15) is 115 Å². The summed E-state index contributed by atoms with van der Waals surface area (Å²) < 4.78 is 5.19. The fraction of sp³-hybridized carbons (Fsp3) is 0.634. The number of likely N-dealkylation sites (tertiary alicyclic amines) is 1. The molecule has 2 aromatic rings. The molecule has 0 radical (unpaired) electrons. The van der Waals surface area contributed by atoms with E-state index in [-0.39, 0.29) is 43.2 Å². The lowest BCUT2D eigenvalue weighted by Gasteiger charge is -2.36. The topological polar surface area (TPSA) is 208 Å². The monoisotopic (exact) mass is 775 g/mol. The molecule has 2 aliphatic heterocycles. The van der Waals surface area contributed by atoms with Gasteiger partial charge in [0.2, 0.25) is 5.91 Å². The molecule has 14 nitrogen and oxygen atoms in total. The second kappa shape index (κ2) is 19.9. The Morgan fingerprint density at radius 3 is 2.38 bits per heavy atom. The van der Waals surface area contributed by atoms with Crippen molar-refractivity contribution in [1.29, 1.82) is 0 Å². The van der Waals surface area contributed by atoms with E-state index in [0.29, 0.717) is 31.4 Å². The Balaban J connectivity index is 1.33. The van der Waals surface area contributed by atoms with Gasteiger partial charge in [-0.15, -0.1) is 0 Å². The minimum atomic E-state index is -1.89. The van der Waals surface area contributed by atoms with Gasteiger partial charge in [0.25, 0.3) is 5.91 Å². The van der Waals surface area contributed by atoms with Crippen molar-refractivity contribution in [2.24, 2.45) is 16.6 Å². The highest BCUT2D eigenvalue weighted by molar-refractivity contribution is 6.43. The molecule has 5 rings (SSSR count). The second-order valence-electron chi connectivity index (χ2n) is 16.8. The largest absolute Gasteiger partial charge is 0.475 e. The van der Waals surface area contributed by atoms with Crippen molar-refractivity contribution in [2.45, 2.75) is 133 Å². The summed E-state index contributed by atoms with van der Waals surface area (Å²) in [7, 11) is -1.89. The molecule has 2 heterocycles. The normalized spacial score (nSPS) is 22.2. The van der Waals surface area contributed by atoms with Gasteiger partial charge in [-0.1, -0.05) is 75.3 Å². The van der Waals surface area contributed by atoms with E-state index in [9.17, 15) is 24.4 Å². The number of piperidine rings is 1. The number of amides is 3. The zero-order valence-electron chi connectivity index (χ0n) is 33.4. The maximum Gasteiger partial charge on any atom is 0.475 e. The third-order valence-corrected chi connectivity index (χ3v) is 11.3. The smallest absolute Gasteiger partial charge is 0.444 e. The molecule has 0 aromatic heterocycles. The van der Waals surface area contributed by atoms with Crippen LogP contribution in [0, 0.1) is 5.92 Å². The number of nitrogens with two attached hydrogens (primary N) is 1. The number of ether oxygens (including phenoxy) is 1. The lowest BCUT2D eigenvalue weighted by molar-refractivity contribution is -0.139. The average Bonchev–Trinajstić information content (AvgIpc) is 3.63. The number of hydrogen-bond donors (Lipinski definition) is 7. The first-order chi connectivity index (χ1) is 26.7. The number of Topliss-reactive ketones (excluding diaryl/α,β-unsaturated/α-hetero) is 1. The summed E-state index contributed by atoms with van der Waals surface area (Å²) in [5, 5.41) is 34.4. The second-order valence-corrected chi connectivity index (χ2v) is 16.8. The first-order valence-electron chi connectivity index (χ1n) is 20.5. The summed E-state index contributed by atoms with van der Waals surface area (Å²) in [6.45, 7) is 7.61. The van der Waals surface area contributed by atoms with Gasteiger partial charge in [-0.2, -0.15) is 0 Å². The van der Waals surface area contributed by atoms with Gasteiger partial charge in [0.15, 0.2) is 17.3 Å². The van der Waals surface area contributed by atoms with Crippen LogP contribution in [0.15, 0.2) is 47.5 Å². The number of ketones is 1. The van der Waals surface area contributed by atoms with E-state index in [1.165, 1.54) is 0 Å². The standard InChI is InChI=1S/C41H62BN7O7/c1-40(2,3)56-39(53)48-38(43)44-21-11-10-18-34(42(54)55)47-37(52)41(26-32(27-45-41)49-22-12-5-13-23-49)35(50)33(24-28-14-6-4-7-15-28)46-36(51)31-20-19-29-16-8-9-17-30(29)25-31/h8-9,16-17,19-20,25,28,32-34,45,54-55H,4-7,10-15,18,21-24,26-27H2,1-3H3,(H,46,51)(H,47,52)(H3,43,44,48,53)/t32-,33-,34+,41+/m1/s1. The predicted octanol–water partition coefficient (Wildman–Crippen LogP) is 3.57. The highest BCUT2D eigenvalue weighted by Crippen LogP contribution is 2.33. The van der Waals surface area contributed by atoms with Crippen LogP contribution < -0.4 is 27.0 Å². The van der Waals surface area contributed by atoms with Crippen LogP contribution in [0.2, 0.25) is 0 Å². The molecule has 306 valence electrons. The van der Waals surface area contributed by atoms with E-state index in [0.717, 1.165) is 75.2 Å². The molecule has 2 saturated heterocycles. The van der Waals surface area contributed by atoms with Crippen molar-refractivity contribution in [3.8, 4) is 0 Å². The summed E-state index contributed by atoms with van der Waals surface area (Å²) in [5.41, 5.74) is 3.87. The fourth-order valence-corrected chi connectivity index (χ4v) is 8.37. The van der Waals surface area contributed by atoms with E-state index in [4.69, 9.17) is 10.5 Å². The molecule has 15 heteroatoms. The van der Waals surface area contributed by atoms with Gasteiger partial charge in [0.1, 0.15) is 5.60 Å². The maximum atomic E-state index is 15.1. The van der Waals surface area contributed by atoms with Crippen molar-refractivity contribution >= 4 is 47.5 Å². The number of carbonyl (C=O) groups excluding carboxylic acids is 4. The van der Waals surface area contributed by atoms with Crippen LogP contribution in [-0.2, 0) is 14.3 Å². The molecule has 1 saturated carbocycles. The van der Waals surface area contributed by atoms with E-state index in [2.05, 4.69) is 31.2 Å². The average molecular weight is 776 g/mol. The van der Waals surface area contributed by atoms with Gasteiger partial charge in [-0.05, 0) is 101 Å². The summed E-state index contributed by atoms with van der Waals surface area (Å²) in [6.07, 6.45) is 9.36. The third-order valence-electron chi connectivity index (χ3n) is 11.3. The lowest BCUT2D eigenvalue weighted by Crippen LogP contribution is -2.66. The van der Waals surface area contributed by atoms with E-state index in [1.54, 1.807) is 26.8 Å². The molecule has 3 amide bonds. The zero-order chi connectivity index (χ0) is 40.3. The van der Waals surface area contributed by atoms with Crippen molar-refractivity contribution < 1.29 is 34.0 Å².